The number of nitrogens with zero attached hydrogens (tertiary/aromatic N) is 5. The van der Waals surface area contributed by atoms with Crippen LogP contribution in [-0.4, -0.2) is 43.5 Å². The SMILES string of the molecule is C/C=N/SC(=N)Cn1c(=O)nc(NC2=CC3=CN(C)NC3C=C2Cl)n(Cc2cc(F)c(F)cc2F)c1=O. The van der Waals surface area contributed by atoms with E-state index in [-0.39, 0.29) is 27.6 Å². The molecule has 194 valence electrons. The predicted molar refractivity (Wildman–Crippen MR) is 136 cm³/mol. The highest BCUT2D eigenvalue weighted by Gasteiger charge is 2.26. The Labute approximate surface area is 217 Å². The van der Waals surface area contributed by atoms with E-state index in [1.807, 2.05) is 6.20 Å². The first-order valence-electron chi connectivity index (χ1n) is 10.7. The molecule has 1 aromatic heterocycles. The Bertz CT molecular complexity index is 1510. The summed E-state index contributed by atoms with van der Waals surface area (Å²) in [5, 5.41) is 12.6. The van der Waals surface area contributed by atoms with Crippen molar-refractivity contribution in [3.63, 3.8) is 0 Å². The van der Waals surface area contributed by atoms with Gasteiger partial charge in [-0.2, -0.15) is 4.98 Å². The summed E-state index contributed by atoms with van der Waals surface area (Å²) in [6.07, 6.45) is 6.62. The van der Waals surface area contributed by atoms with E-state index in [1.54, 1.807) is 31.1 Å². The highest BCUT2D eigenvalue weighted by atomic mass is 35.5. The van der Waals surface area contributed by atoms with Gasteiger partial charge in [0.1, 0.15) is 10.9 Å². The largest absolute Gasteiger partial charge is 0.355 e. The normalized spacial score (nSPS) is 17.0. The van der Waals surface area contributed by atoms with Gasteiger partial charge in [-0.25, -0.2) is 37.2 Å². The van der Waals surface area contributed by atoms with Crippen LogP contribution in [0.25, 0.3) is 0 Å². The molecule has 37 heavy (non-hydrogen) atoms. The Morgan fingerprint density at radius 1 is 1.27 bits per heavy atom. The molecule has 0 amide bonds. The predicted octanol–water partition coefficient (Wildman–Crippen LogP) is 2.72. The number of fused-ring (bicyclic) bond motifs is 1. The third-order valence-corrected chi connectivity index (χ3v) is 6.31. The van der Waals surface area contributed by atoms with E-state index in [1.165, 1.54) is 6.21 Å². The third-order valence-electron chi connectivity index (χ3n) is 5.31. The lowest BCUT2D eigenvalue weighted by molar-refractivity contribution is 0.349. The van der Waals surface area contributed by atoms with Crippen LogP contribution in [0.1, 0.15) is 12.5 Å². The Balaban J connectivity index is 1.79. The van der Waals surface area contributed by atoms with Crippen molar-refractivity contribution in [3.8, 4) is 0 Å². The molecule has 1 aliphatic carbocycles. The van der Waals surface area contributed by atoms with Gasteiger partial charge in [-0.3, -0.25) is 9.98 Å². The second-order valence-corrected chi connectivity index (χ2v) is 9.25. The van der Waals surface area contributed by atoms with Crippen molar-refractivity contribution >= 4 is 40.8 Å². The number of halogens is 4. The molecule has 1 unspecified atom stereocenters. The maximum Gasteiger partial charge on any atom is 0.355 e. The number of rotatable bonds is 7. The van der Waals surface area contributed by atoms with E-state index < -0.39 is 41.9 Å². The Hall–Kier alpha value is -3.62. The molecule has 0 spiro atoms. The van der Waals surface area contributed by atoms with Gasteiger partial charge >= 0.3 is 11.4 Å². The van der Waals surface area contributed by atoms with Crippen LogP contribution in [0, 0.1) is 22.9 Å². The first kappa shape index (κ1) is 26.4. The molecule has 0 bridgehead atoms. The van der Waals surface area contributed by atoms with Crippen LogP contribution in [0.15, 0.2) is 60.8 Å². The molecule has 2 aromatic rings. The Morgan fingerprint density at radius 3 is 2.73 bits per heavy atom. The number of nitrogens with one attached hydrogen (secondary N) is 3. The smallest absolute Gasteiger partial charge is 0.324 e. The van der Waals surface area contributed by atoms with Gasteiger partial charge < -0.3 is 10.3 Å². The number of aromatic nitrogens is 3. The first-order valence-corrected chi connectivity index (χ1v) is 11.9. The van der Waals surface area contributed by atoms with Gasteiger partial charge in [0.25, 0.3) is 0 Å². The molecule has 2 heterocycles. The number of hydrogen-bond donors (Lipinski definition) is 3. The zero-order valence-corrected chi connectivity index (χ0v) is 21.0. The molecular formula is C22H20ClF3N8O2S. The van der Waals surface area contributed by atoms with Gasteiger partial charge in [0.2, 0.25) is 5.95 Å². The zero-order valence-electron chi connectivity index (χ0n) is 19.4. The van der Waals surface area contributed by atoms with Crippen molar-refractivity contribution in [2.75, 3.05) is 12.4 Å². The van der Waals surface area contributed by atoms with Crippen molar-refractivity contribution in [3.05, 3.63) is 90.8 Å². The molecule has 0 radical (unpaired) electrons. The molecule has 3 N–H and O–H groups in total. The summed E-state index contributed by atoms with van der Waals surface area (Å²) in [7, 11) is 1.80. The van der Waals surface area contributed by atoms with Crippen molar-refractivity contribution in [1.29, 1.82) is 5.41 Å². The number of hydrazine groups is 1. The minimum atomic E-state index is -1.39. The molecule has 1 atom stereocenters. The van der Waals surface area contributed by atoms with E-state index in [2.05, 4.69) is 20.1 Å². The summed E-state index contributed by atoms with van der Waals surface area (Å²) in [4.78, 5) is 30.0. The van der Waals surface area contributed by atoms with Crippen molar-refractivity contribution in [1.82, 2.24) is 24.6 Å². The lowest BCUT2D eigenvalue weighted by atomic mass is 10.0. The second kappa shape index (κ2) is 10.8. The summed E-state index contributed by atoms with van der Waals surface area (Å²) in [6.45, 7) is 0.577. The fraction of sp³-hybridized carbons (Fsp3) is 0.227. The van der Waals surface area contributed by atoms with E-state index >= 15 is 0 Å². The van der Waals surface area contributed by atoms with Gasteiger partial charge in [-0.15, -0.1) is 0 Å². The maximum absolute atomic E-state index is 14.5. The summed E-state index contributed by atoms with van der Waals surface area (Å²) in [6, 6.07) is 0.796. The number of allylic oxidation sites excluding steroid dienone is 1. The van der Waals surface area contributed by atoms with Crippen LogP contribution in [0.3, 0.4) is 0 Å². The van der Waals surface area contributed by atoms with Crippen molar-refractivity contribution in [2.24, 2.45) is 4.40 Å². The van der Waals surface area contributed by atoms with Gasteiger partial charge in [0, 0.05) is 43.0 Å². The second-order valence-electron chi connectivity index (χ2n) is 7.95. The maximum atomic E-state index is 14.5. The topological polar surface area (TPSA) is 120 Å². The number of benzene rings is 1. The van der Waals surface area contributed by atoms with Crippen LogP contribution in [0.2, 0.25) is 0 Å². The molecule has 0 saturated heterocycles. The molecule has 10 nitrogen and oxygen atoms in total. The lowest BCUT2D eigenvalue weighted by Gasteiger charge is -2.21. The van der Waals surface area contributed by atoms with Gasteiger partial charge in [0.15, 0.2) is 11.6 Å². The number of anilines is 1. The molecule has 15 heteroatoms. The molecule has 4 rings (SSSR count). The third kappa shape index (κ3) is 5.70. The minimum Gasteiger partial charge on any atom is -0.324 e. The van der Waals surface area contributed by atoms with Gasteiger partial charge in [-0.05, 0) is 30.7 Å². The van der Waals surface area contributed by atoms with E-state index in [4.69, 9.17) is 17.0 Å². The quantitative estimate of drug-likeness (QED) is 0.209. The molecular weight excluding hydrogens is 533 g/mol. The van der Waals surface area contributed by atoms with E-state index in [0.717, 1.165) is 22.1 Å². The van der Waals surface area contributed by atoms with Crippen LogP contribution < -0.4 is 22.1 Å². The minimum absolute atomic E-state index is 0.137. The molecule has 1 aromatic carbocycles. The highest BCUT2D eigenvalue weighted by molar-refractivity contribution is 8.12. The fourth-order valence-corrected chi connectivity index (χ4v) is 4.28. The van der Waals surface area contributed by atoms with E-state index in [9.17, 15) is 22.8 Å². The van der Waals surface area contributed by atoms with Crippen LogP contribution in [0.5, 0.6) is 0 Å². The molecule has 0 saturated carbocycles. The molecule has 0 fully saturated rings. The van der Waals surface area contributed by atoms with Gasteiger partial charge in [0.05, 0.1) is 29.9 Å². The number of hydrogen-bond acceptors (Lipinski definition) is 9. The monoisotopic (exact) mass is 552 g/mol. The highest BCUT2D eigenvalue weighted by Crippen LogP contribution is 2.29. The summed E-state index contributed by atoms with van der Waals surface area (Å²) in [5.41, 5.74) is 1.94. The van der Waals surface area contributed by atoms with E-state index in [0.29, 0.717) is 22.4 Å². The van der Waals surface area contributed by atoms with Crippen LogP contribution in [-0.2, 0) is 13.1 Å². The summed E-state index contributed by atoms with van der Waals surface area (Å²) in [5.74, 6) is -4.11. The Kier molecular flexibility index (Phi) is 7.71. The average Bonchev–Trinajstić information content (AvgIpc) is 3.19. The fourth-order valence-electron chi connectivity index (χ4n) is 3.63. The average molecular weight is 553 g/mol. The first-order chi connectivity index (χ1) is 17.6. The van der Waals surface area contributed by atoms with Crippen LogP contribution >= 0.6 is 23.5 Å². The summed E-state index contributed by atoms with van der Waals surface area (Å²) >= 11 is 7.15. The molecule has 2 aliphatic rings. The van der Waals surface area contributed by atoms with Crippen LogP contribution in [0.4, 0.5) is 19.1 Å². The standard InChI is InChI=1S/C22H20ClF3N8O2S/c1-3-28-37-19(27)10-34-21(35)30-20(29-18-5-12-8-32(2)31-17(12)6-13(18)23)33(22(34)36)9-11-4-15(25)16(26)7-14(11)24/h3-8,17,27,31H,9-10H2,1-2H3,(H,29,30,35)/b27-19?,28-3+. The summed E-state index contributed by atoms with van der Waals surface area (Å²) < 4.78 is 47.2. The molecule has 1 aliphatic heterocycles. The van der Waals surface area contributed by atoms with Crippen molar-refractivity contribution in [2.45, 2.75) is 26.1 Å². The zero-order chi connectivity index (χ0) is 26.9. The van der Waals surface area contributed by atoms with Gasteiger partial charge in [-0.1, -0.05) is 11.6 Å². The van der Waals surface area contributed by atoms with Crippen molar-refractivity contribution < 1.29 is 13.2 Å². The Morgan fingerprint density at radius 2 is 2.00 bits per heavy atom. The lowest BCUT2D eigenvalue weighted by Crippen LogP contribution is -2.44.